The van der Waals surface area contributed by atoms with Crippen LogP contribution < -0.4 is 13.7 Å². The van der Waals surface area contributed by atoms with E-state index in [0.717, 1.165) is 0 Å². The number of nitrogens with zero attached hydrogens (tertiary/aromatic N) is 2. The largest absolute Gasteiger partial charge is 0.497 e. The third-order valence-corrected chi connectivity index (χ3v) is 5.84. The molecule has 0 aliphatic carbocycles. The van der Waals surface area contributed by atoms with Gasteiger partial charge in [-0.2, -0.15) is 8.42 Å². The maximum Gasteiger partial charge on any atom is 0.339 e. The van der Waals surface area contributed by atoms with Crippen LogP contribution in [-0.2, 0) is 26.2 Å². The van der Waals surface area contributed by atoms with Crippen LogP contribution in [0.3, 0.4) is 0 Å². The summed E-state index contributed by atoms with van der Waals surface area (Å²) in [5.74, 6) is 0.655. The van der Waals surface area contributed by atoms with E-state index in [0.29, 0.717) is 24.4 Å². The zero-order valence-corrected chi connectivity index (χ0v) is 19.8. The Hall–Kier alpha value is -2.82. The van der Waals surface area contributed by atoms with Gasteiger partial charge in [-0.3, -0.25) is 4.79 Å². The van der Waals surface area contributed by atoms with Crippen molar-refractivity contribution in [3.05, 3.63) is 48.0 Å². The topological polar surface area (TPSA) is 94.6 Å². The third-order valence-electron chi connectivity index (χ3n) is 4.59. The van der Waals surface area contributed by atoms with Crippen molar-refractivity contribution in [2.24, 2.45) is 0 Å². The van der Waals surface area contributed by atoms with Gasteiger partial charge in [-0.05, 0) is 56.1 Å². The van der Waals surface area contributed by atoms with Crippen LogP contribution in [0.5, 0.6) is 17.2 Å². The Morgan fingerprint density at radius 3 is 2.16 bits per heavy atom. The predicted molar refractivity (Wildman–Crippen MR) is 120 cm³/mol. The smallest absolute Gasteiger partial charge is 0.339 e. The van der Waals surface area contributed by atoms with Gasteiger partial charge in [0.1, 0.15) is 17.3 Å². The van der Waals surface area contributed by atoms with Crippen molar-refractivity contribution < 1.29 is 31.6 Å². The molecule has 0 aliphatic heterocycles. The standard InChI is InChI=1S/C22H30N2O7S/c1-23(2)12-13-24(22(25)16-28-3)15-17-6-11-20(30-5)21(14-17)31-32(26,27)19-9-7-18(29-4)8-10-19/h6-11,14H,12-13,15-16H2,1-5H3. The summed E-state index contributed by atoms with van der Waals surface area (Å²) in [4.78, 5) is 16.1. The van der Waals surface area contributed by atoms with E-state index in [4.69, 9.17) is 18.4 Å². The lowest BCUT2D eigenvalue weighted by atomic mass is 10.2. The van der Waals surface area contributed by atoms with E-state index in [1.807, 2.05) is 19.0 Å². The van der Waals surface area contributed by atoms with Crippen LogP contribution in [0.2, 0.25) is 0 Å². The number of carbonyl (C=O) groups is 1. The zero-order valence-electron chi connectivity index (χ0n) is 19.0. The van der Waals surface area contributed by atoms with E-state index < -0.39 is 10.1 Å². The second-order valence-corrected chi connectivity index (χ2v) is 8.80. The molecule has 2 aromatic carbocycles. The van der Waals surface area contributed by atoms with Crippen molar-refractivity contribution >= 4 is 16.0 Å². The lowest BCUT2D eigenvalue weighted by molar-refractivity contribution is -0.135. The number of methoxy groups -OCH3 is 3. The molecule has 0 spiro atoms. The average molecular weight is 467 g/mol. The van der Waals surface area contributed by atoms with Gasteiger partial charge in [0.25, 0.3) is 0 Å². The number of likely N-dealkylation sites (N-methyl/N-ethyl adjacent to an activating group) is 1. The molecule has 32 heavy (non-hydrogen) atoms. The minimum atomic E-state index is -4.11. The minimum Gasteiger partial charge on any atom is -0.497 e. The second kappa shape index (κ2) is 11.7. The van der Waals surface area contributed by atoms with Crippen molar-refractivity contribution in [3.8, 4) is 17.2 Å². The fourth-order valence-corrected chi connectivity index (χ4v) is 3.77. The van der Waals surface area contributed by atoms with E-state index in [9.17, 15) is 13.2 Å². The van der Waals surface area contributed by atoms with Crippen LogP contribution in [0.1, 0.15) is 5.56 Å². The highest BCUT2D eigenvalue weighted by Crippen LogP contribution is 2.31. The first-order valence-corrected chi connectivity index (χ1v) is 11.3. The van der Waals surface area contributed by atoms with Crippen molar-refractivity contribution in [1.29, 1.82) is 0 Å². The molecule has 0 radical (unpaired) electrons. The van der Waals surface area contributed by atoms with Crippen LogP contribution in [0.4, 0.5) is 0 Å². The Labute approximate surface area is 189 Å². The van der Waals surface area contributed by atoms with Crippen LogP contribution in [0.25, 0.3) is 0 Å². The molecule has 10 heteroatoms. The molecule has 0 saturated carbocycles. The lowest BCUT2D eigenvalue weighted by Gasteiger charge is -2.24. The molecule has 0 heterocycles. The molecular weight excluding hydrogens is 436 g/mol. The van der Waals surface area contributed by atoms with Crippen molar-refractivity contribution in [1.82, 2.24) is 9.80 Å². The summed E-state index contributed by atoms with van der Waals surface area (Å²) in [6, 6.07) is 10.8. The number of amides is 1. The van der Waals surface area contributed by atoms with Crippen LogP contribution >= 0.6 is 0 Å². The van der Waals surface area contributed by atoms with E-state index >= 15 is 0 Å². The predicted octanol–water partition coefficient (Wildman–Crippen LogP) is 2.01. The summed E-state index contributed by atoms with van der Waals surface area (Å²) in [7, 11) is 4.12. The van der Waals surface area contributed by atoms with Gasteiger partial charge in [-0.25, -0.2) is 0 Å². The normalized spacial score (nSPS) is 11.3. The number of carbonyl (C=O) groups excluding carboxylic acids is 1. The zero-order chi connectivity index (χ0) is 23.7. The average Bonchev–Trinajstić information content (AvgIpc) is 2.76. The maximum absolute atomic E-state index is 12.8. The molecule has 0 N–H and O–H groups in total. The number of hydrogen-bond donors (Lipinski definition) is 0. The van der Waals surface area contributed by atoms with Crippen molar-refractivity contribution in [2.75, 3.05) is 55.1 Å². The summed E-state index contributed by atoms with van der Waals surface area (Å²) < 4.78 is 46.2. The van der Waals surface area contributed by atoms with Gasteiger partial charge < -0.3 is 28.2 Å². The fourth-order valence-electron chi connectivity index (χ4n) is 2.84. The molecular formula is C22H30N2O7S. The van der Waals surface area contributed by atoms with E-state index in [-0.39, 0.29) is 35.5 Å². The molecule has 0 atom stereocenters. The number of hydrogen-bond acceptors (Lipinski definition) is 8. The molecule has 0 unspecified atom stereocenters. The van der Waals surface area contributed by atoms with Gasteiger partial charge in [-0.1, -0.05) is 6.07 Å². The molecule has 2 rings (SSSR count). The summed E-state index contributed by atoms with van der Waals surface area (Å²) in [5, 5.41) is 0. The number of benzene rings is 2. The molecule has 0 fully saturated rings. The molecule has 0 bridgehead atoms. The number of rotatable bonds is 12. The van der Waals surface area contributed by atoms with Gasteiger partial charge in [0.2, 0.25) is 5.91 Å². The third kappa shape index (κ3) is 7.11. The van der Waals surface area contributed by atoms with Gasteiger partial charge in [0.15, 0.2) is 11.5 Å². The summed E-state index contributed by atoms with van der Waals surface area (Å²) in [6.45, 7) is 1.38. The van der Waals surface area contributed by atoms with Crippen molar-refractivity contribution in [2.45, 2.75) is 11.4 Å². The Kier molecular flexibility index (Phi) is 9.30. The highest BCUT2D eigenvalue weighted by atomic mass is 32.2. The summed E-state index contributed by atoms with van der Waals surface area (Å²) in [5.41, 5.74) is 0.689. The molecule has 9 nitrogen and oxygen atoms in total. The van der Waals surface area contributed by atoms with Crippen LogP contribution in [0, 0.1) is 0 Å². The van der Waals surface area contributed by atoms with E-state index in [1.165, 1.54) is 45.6 Å². The second-order valence-electron chi connectivity index (χ2n) is 7.25. The summed E-state index contributed by atoms with van der Waals surface area (Å²) >= 11 is 0. The first-order chi connectivity index (χ1) is 15.2. The Balaban J connectivity index is 2.28. The van der Waals surface area contributed by atoms with Gasteiger partial charge >= 0.3 is 10.1 Å². The van der Waals surface area contributed by atoms with Gasteiger partial charge in [0, 0.05) is 26.7 Å². The Morgan fingerprint density at radius 1 is 0.906 bits per heavy atom. The molecule has 0 aliphatic rings. The highest BCUT2D eigenvalue weighted by molar-refractivity contribution is 7.87. The Bertz CT molecular complexity index is 992. The quantitative estimate of drug-likeness (QED) is 0.439. The molecule has 2 aromatic rings. The van der Waals surface area contributed by atoms with Gasteiger partial charge in [0.05, 0.1) is 14.2 Å². The minimum absolute atomic E-state index is 0.0198. The lowest BCUT2D eigenvalue weighted by Crippen LogP contribution is -2.38. The van der Waals surface area contributed by atoms with Crippen LogP contribution in [-0.4, -0.2) is 79.2 Å². The summed E-state index contributed by atoms with van der Waals surface area (Å²) in [6.07, 6.45) is 0. The Morgan fingerprint density at radius 2 is 1.59 bits per heavy atom. The van der Waals surface area contributed by atoms with Crippen molar-refractivity contribution in [3.63, 3.8) is 0 Å². The monoisotopic (exact) mass is 466 g/mol. The molecule has 1 amide bonds. The fraction of sp³-hybridized carbons (Fsp3) is 0.409. The number of ether oxygens (including phenoxy) is 3. The highest BCUT2D eigenvalue weighted by Gasteiger charge is 2.21. The first kappa shape index (κ1) is 25.4. The molecule has 0 aromatic heterocycles. The van der Waals surface area contributed by atoms with Crippen LogP contribution in [0.15, 0.2) is 47.4 Å². The van der Waals surface area contributed by atoms with E-state index in [2.05, 4.69) is 0 Å². The maximum atomic E-state index is 12.8. The molecule has 0 saturated heterocycles. The van der Waals surface area contributed by atoms with E-state index in [1.54, 1.807) is 23.1 Å². The SMILES string of the molecule is COCC(=O)N(CCN(C)C)Cc1ccc(OC)c(OS(=O)(=O)c2ccc(OC)cc2)c1. The van der Waals surface area contributed by atoms with Gasteiger partial charge in [-0.15, -0.1) is 0 Å². The molecule has 176 valence electrons. The first-order valence-electron chi connectivity index (χ1n) is 9.87.